The Morgan fingerprint density at radius 3 is 3.05 bits per heavy atom. The summed E-state index contributed by atoms with van der Waals surface area (Å²) in [6, 6.07) is 8.93. The van der Waals surface area contributed by atoms with Gasteiger partial charge in [-0.3, -0.25) is 4.79 Å². The smallest absolute Gasteiger partial charge is 0.287 e. The van der Waals surface area contributed by atoms with Crippen LogP contribution in [-0.4, -0.2) is 24.7 Å². The summed E-state index contributed by atoms with van der Waals surface area (Å²) >= 11 is 0. The van der Waals surface area contributed by atoms with E-state index >= 15 is 0 Å². The lowest BCUT2D eigenvalue weighted by Crippen LogP contribution is -2.42. The molecule has 116 valence electrons. The van der Waals surface area contributed by atoms with Crippen LogP contribution >= 0.6 is 0 Å². The summed E-state index contributed by atoms with van der Waals surface area (Å²) in [7, 11) is 1.63. The SMILES string of the molecule is COc1ccc2c(c1)CCCC2(O)CNC(=O)c1ccco1. The predicted octanol–water partition coefficient (Wildman–Crippen LogP) is 2.24. The van der Waals surface area contributed by atoms with E-state index in [0.717, 1.165) is 29.7 Å². The van der Waals surface area contributed by atoms with Crippen LogP contribution in [0.4, 0.5) is 0 Å². The largest absolute Gasteiger partial charge is 0.497 e. The molecule has 1 aliphatic carbocycles. The van der Waals surface area contributed by atoms with E-state index in [-0.39, 0.29) is 18.2 Å². The van der Waals surface area contributed by atoms with Gasteiger partial charge in [0.25, 0.3) is 5.91 Å². The number of hydrogen-bond donors (Lipinski definition) is 2. The van der Waals surface area contributed by atoms with Crippen LogP contribution in [-0.2, 0) is 12.0 Å². The molecule has 1 aromatic carbocycles. The highest BCUT2D eigenvalue weighted by Gasteiger charge is 2.35. The molecule has 1 aromatic heterocycles. The lowest BCUT2D eigenvalue weighted by molar-refractivity contribution is 0.0185. The molecule has 0 fully saturated rings. The molecule has 0 saturated heterocycles. The van der Waals surface area contributed by atoms with Gasteiger partial charge in [-0.05, 0) is 54.7 Å². The van der Waals surface area contributed by atoms with Crippen LogP contribution in [0.2, 0.25) is 0 Å². The summed E-state index contributed by atoms with van der Waals surface area (Å²) in [5.74, 6) is 0.705. The Morgan fingerprint density at radius 2 is 2.32 bits per heavy atom. The number of furan rings is 1. The second kappa shape index (κ2) is 5.85. The van der Waals surface area contributed by atoms with Crippen molar-refractivity contribution in [2.24, 2.45) is 0 Å². The minimum absolute atomic E-state index is 0.159. The first-order valence-corrected chi connectivity index (χ1v) is 7.34. The Balaban J connectivity index is 1.78. The van der Waals surface area contributed by atoms with Crippen LogP contribution in [0, 0.1) is 0 Å². The van der Waals surface area contributed by atoms with Gasteiger partial charge >= 0.3 is 0 Å². The molecule has 1 aliphatic rings. The molecule has 1 atom stereocenters. The van der Waals surface area contributed by atoms with Crippen molar-refractivity contribution in [3.63, 3.8) is 0 Å². The molecule has 2 aromatic rings. The number of aliphatic hydroxyl groups is 1. The number of carbonyl (C=O) groups is 1. The third-order valence-electron chi connectivity index (χ3n) is 4.14. The number of hydrogen-bond acceptors (Lipinski definition) is 4. The summed E-state index contributed by atoms with van der Waals surface area (Å²) in [6.07, 6.45) is 3.84. The molecule has 0 aliphatic heterocycles. The molecule has 0 bridgehead atoms. The third-order valence-corrected chi connectivity index (χ3v) is 4.14. The third kappa shape index (κ3) is 2.72. The molecule has 1 unspecified atom stereocenters. The first-order chi connectivity index (χ1) is 10.6. The molecule has 22 heavy (non-hydrogen) atoms. The first kappa shape index (κ1) is 14.7. The van der Waals surface area contributed by atoms with Crippen molar-refractivity contribution in [3.8, 4) is 5.75 Å². The van der Waals surface area contributed by atoms with Gasteiger partial charge in [0.15, 0.2) is 5.76 Å². The number of aryl methyl sites for hydroxylation is 1. The number of benzene rings is 1. The average molecular weight is 301 g/mol. The Kier molecular flexibility index (Phi) is 3.90. The highest BCUT2D eigenvalue weighted by atomic mass is 16.5. The van der Waals surface area contributed by atoms with Crippen molar-refractivity contribution in [2.45, 2.75) is 24.9 Å². The van der Waals surface area contributed by atoms with Crippen LogP contribution in [0.5, 0.6) is 5.75 Å². The van der Waals surface area contributed by atoms with E-state index in [1.54, 1.807) is 19.2 Å². The lowest BCUT2D eigenvalue weighted by Gasteiger charge is -2.34. The Bertz CT molecular complexity index is 665. The van der Waals surface area contributed by atoms with Crippen molar-refractivity contribution in [3.05, 3.63) is 53.5 Å². The van der Waals surface area contributed by atoms with E-state index in [1.165, 1.54) is 6.26 Å². The fraction of sp³-hybridized carbons (Fsp3) is 0.353. The summed E-state index contributed by atoms with van der Waals surface area (Å²) in [4.78, 5) is 12.0. The molecule has 0 radical (unpaired) electrons. The minimum atomic E-state index is -1.05. The van der Waals surface area contributed by atoms with Crippen LogP contribution in [0.1, 0.15) is 34.5 Å². The number of amides is 1. The summed E-state index contributed by atoms with van der Waals surface area (Å²) in [6.45, 7) is 0.159. The molecule has 1 heterocycles. The van der Waals surface area contributed by atoms with Gasteiger partial charge < -0.3 is 19.6 Å². The summed E-state index contributed by atoms with van der Waals surface area (Å²) in [5.41, 5.74) is 0.877. The average Bonchev–Trinajstić information content (AvgIpc) is 3.07. The fourth-order valence-electron chi connectivity index (χ4n) is 2.97. The molecule has 0 saturated carbocycles. The van der Waals surface area contributed by atoms with E-state index in [9.17, 15) is 9.90 Å². The van der Waals surface area contributed by atoms with Crippen LogP contribution in [0.15, 0.2) is 41.0 Å². The number of methoxy groups -OCH3 is 1. The summed E-state index contributed by atoms with van der Waals surface area (Å²) < 4.78 is 10.3. The van der Waals surface area contributed by atoms with Gasteiger partial charge in [-0.1, -0.05) is 6.07 Å². The van der Waals surface area contributed by atoms with E-state index in [0.29, 0.717) is 6.42 Å². The van der Waals surface area contributed by atoms with Gasteiger partial charge in [-0.25, -0.2) is 0 Å². The Morgan fingerprint density at radius 1 is 1.45 bits per heavy atom. The fourth-order valence-corrected chi connectivity index (χ4v) is 2.97. The second-order valence-electron chi connectivity index (χ2n) is 5.57. The lowest BCUT2D eigenvalue weighted by atomic mass is 9.79. The maximum Gasteiger partial charge on any atom is 0.287 e. The van der Waals surface area contributed by atoms with Crippen LogP contribution < -0.4 is 10.1 Å². The number of ether oxygens (including phenoxy) is 1. The predicted molar refractivity (Wildman–Crippen MR) is 80.9 cm³/mol. The van der Waals surface area contributed by atoms with Crippen molar-refractivity contribution < 1.29 is 19.1 Å². The van der Waals surface area contributed by atoms with E-state index in [4.69, 9.17) is 9.15 Å². The first-order valence-electron chi connectivity index (χ1n) is 7.34. The highest BCUT2D eigenvalue weighted by molar-refractivity contribution is 5.91. The van der Waals surface area contributed by atoms with Crippen molar-refractivity contribution in [2.75, 3.05) is 13.7 Å². The minimum Gasteiger partial charge on any atom is -0.497 e. The molecule has 3 rings (SSSR count). The summed E-state index contributed by atoms with van der Waals surface area (Å²) in [5, 5.41) is 13.7. The zero-order chi connectivity index (χ0) is 15.6. The molecular weight excluding hydrogens is 282 g/mol. The molecule has 5 nitrogen and oxygen atoms in total. The Hall–Kier alpha value is -2.27. The van der Waals surface area contributed by atoms with Crippen LogP contribution in [0.3, 0.4) is 0 Å². The number of fused-ring (bicyclic) bond motifs is 1. The van der Waals surface area contributed by atoms with Gasteiger partial charge in [0.05, 0.1) is 19.9 Å². The van der Waals surface area contributed by atoms with E-state index in [2.05, 4.69) is 5.32 Å². The molecule has 2 N–H and O–H groups in total. The normalized spacial score (nSPS) is 20.3. The zero-order valence-corrected chi connectivity index (χ0v) is 12.5. The van der Waals surface area contributed by atoms with E-state index < -0.39 is 5.60 Å². The number of nitrogens with one attached hydrogen (secondary N) is 1. The number of rotatable bonds is 4. The monoisotopic (exact) mass is 301 g/mol. The zero-order valence-electron chi connectivity index (χ0n) is 12.5. The number of carbonyl (C=O) groups excluding carboxylic acids is 1. The van der Waals surface area contributed by atoms with Crippen molar-refractivity contribution >= 4 is 5.91 Å². The molecule has 0 spiro atoms. The van der Waals surface area contributed by atoms with Gasteiger partial charge in [-0.2, -0.15) is 0 Å². The standard InChI is InChI=1S/C17H19NO4/c1-21-13-6-7-14-12(10-13)4-2-8-17(14,20)11-18-16(19)15-5-3-9-22-15/h3,5-7,9-10,20H,2,4,8,11H2,1H3,(H,18,19). The van der Waals surface area contributed by atoms with Gasteiger partial charge in [0.2, 0.25) is 0 Å². The highest BCUT2D eigenvalue weighted by Crippen LogP contribution is 2.36. The molecule has 5 heteroatoms. The molecule has 1 amide bonds. The Labute approximate surface area is 128 Å². The quantitative estimate of drug-likeness (QED) is 0.908. The van der Waals surface area contributed by atoms with Crippen LogP contribution in [0.25, 0.3) is 0 Å². The maximum absolute atomic E-state index is 12.0. The molecular formula is C17H19NO4. The van der Waals surface area contributed by atoms with E-state index in [1.807, 2.05) is 18.2 Å². The van der Waals surface area contributed by atoms with Gasteiger partial charge in [-0.15, -0.1) is 0 Å². The van der Waals surface area contributed by atoms with Crippen molar-refractivity contribution in [1.29, 1.82) is 0 Å². The maximum atomic E-state index is 12.0. The van der Waals surface area contributed by atoms with Gasteiger partial charge in [0.1, 0.15) is 11.4 Å². The van der Waals surface area contributed by atoms with Gasteiger partial charge in [0, 0.05) is 0 Å². The second-order valence-corrected chi connectivity index (χ2v) is 5.57. The van der Waals surface area contributed by atoms with Crippen molar-refractivity contribution in [1.82, 2.24) is 5.32 Å². The topological polar surface area (TPSA) is 71.7 Å².